The SMILES string of the molecule is CCCCn1c(C(c2ccccc2)c2ccsc2-c2nnn[nH]2)c(C(=O)O)c2cccnc21. The van der Waals surface area contributed by atoms with Crippen LogP contribution in [0, 0.1) is 0 Å². The van der Waals surface area contributed by atoms with Crippen molar-refractivity contribution in [1.29, 1.82) is 0 Å². The maximum atomic E-state index is 12.7. The van der Waals surface area contributed by atoms with E-state index in [9.17, 15) is 9.90 Å². The van der Waals surface area contributed by atoms with E-state index in [1.807, 2.05) is 47.8 Å². The number of aryl methyl sites for hydroxylation is 1. The van der Waals surface area contributed by atoms with Crippen LogP contribution in [-0.4, -0.2) is 41.3 Å². The molecule has 4 heterocycles. The molecule has 1 aromatic carbocycles. The number of nitrogens with zero attached hydrogens (tertiary/aromatic N) is 5. The number of hydrogen-bond acceptors (Lipinski definition) is 6. The fourth-order valence-electron chi connectivity index (χ4n) is 4.39. The largest absolute Gasteiger partial charge is 0.478 e. The molecule has 2 N–H and O–H groups in total. The van der Waals surface area contributed by atoms with Crippen LogP contribution in [0.4, 0.5) is 0 Å². The third-order valence-corrected chi connectivity index (χ3v) is 6.72. The van der Waals surface area contributed by atoms with Crippen LogP contribution in [0.1, 0.15) is 52.9 Å². The molecule has 1 unspecified atom stereocenters. The Morgan fingerprint density at radius 3 is 2.76 bits per heavy atom. The second-order valence-corrected chi connectivity index (χ2v) is 8.66. The summed E-state index contributed by atoms with van der Waals surface area (Å²) >= 11 is 1.52. The van der Waals surface area contributed by atoms with Crippen LogP contribution in [-0.2, 0) is 6.54 Å². The van der Waals surface area contributed by atoms with Crippen molar-refractivity contribution >= 4 is 28.3 Å². The van der Waals surface area contributed by atoms with Crippen LogP contribution in [0.15, 0.2) is 60.1 Å². The number of thiophene rings is 1. The Morgan fingerprint density at radius 2 is 2.03 bits per heavy atom. The molecular weight excluding hydrogens is 436 g/mol. The minimum atomic E-state index is -0.961. The van der Waals surface area contributed by atoms with E-state index in [0.29, 0.717) is 23.4 Å². The van der Waals surface area contributed by atoms with Crippen LogP contribution < -0.4 is 0 Å². The predicted molar refractivity (Wildman–Crippen MR) is 126 cm³/mol. The highest BCUT2D eigenvalue weighted by molar-refractivity contribution is 7.13. The van der Waals surface area contributed by atoms with Gasteiger partial charge < -0.3 is 9.67 Å². The summed E-state index contributed by atoms with van der Waals surface area (Å²) in [6.45, 7) is 2.80. The summed E-state index contributed by atoms with van der Waals surface area (Å²) < 4.78 is 2.08. The molecule has 0 aliphatic carbocycles. The Balaban J connectivity index is 1.85. The van der Waals surface area contributed by atoms with Crippen LogP contribution in [0.3, 0.4) is 0 Å². The molecule has 9 heteroatoms. The van der Waals surface area contributed by atoms with E-state index in [-0.39, 0.29) is 11.5 Å². The number of rotatable bonds is 8. The van der Waals surface area contributed by atoms with E-state index in [0.717, 1.165) is 34.5 Å². The van der Waals surface area contributed by atoms with Crippen molar-refractivity contribution in [3.8, 4) is 10.7 Å². The zero-order chi connectivity index (χ0) is 22.8. The molecule has 0 aliphatic rings. The summed E-state index contributed by atoms with van der Waals surface area (Å²) in [5.41, 5.74) is 3.65. The van der Waals surface area contributed by atoms with E-state index in [1.165, 1.54) is 11.3 Å². The molecule has 4 aromatic heterocycles. The monoisotopic (exact) mass is 458 g/mol. The molecule has 166 valence electrons. The summed E-state index contributed by atoms with van der Waals surface area (Å²) in [4.78, 5) is 18.1. The van der Waals surface area contributed by atoms with Gasteiger partial charge in [0, 0.05) is 23.8 Å². The van der Waals surface area contributed by atoms with E-state index in [4.69, 9.17) is 0 Å². The third kappa shape index (κ3) is 3.70. The number of unbranched alkanes of at least 4 members (excludes halogenated alkanes) is 1. The molecule has 0 radical (unpaired) electrons. The van der Waals surface area contributed by atoms with Gasteiger partial charge in [-0.05, 0) is 51.6 Å². The molecule has 0 fully saturated rings. The van der Waals surface area contributed by atoms with E-state index < -0.39 is 5.97 Å². The number of nitrogens with one attached hydrogen (secondary N) is 1. The first-order valence-electron chi connectivity index (χ1n) is 10.8. The maximum absolute atomic E-state index is 12.7. The van der Waals surface area contributed by atoms with Gasteiger partial charge in [0.1, 0.15) is 5.65 Å². The average molecular weight is 459 g/mol. The normalized spacial score (nSPS) is 12.3. The van der Waals surface area contributed by atoms with Gasteiger partial charge in [-0.3, -0.25) is 0 Å². The lowest BCUT2D eigenvalue weighted by atomic mass is 9.86. The molecule has 33 heavy (non-hydrogen) atoms. The van der Waals surface area contributed by atoms with Crippen molar-refractivity contribution < 1.29 is 9.90 Å². The van der Waals surface area contributed by atoms with Crippen LogP contribution in [0.5, 0.6) is 0 Å². The first-order chi connectivity index (χ1) is 16.2. The van der Waals surface area contributed by atoms with Gasteiger partial charge in [-0.15, -0.1) is 16.4 Å². The maximum Gasteiger partial charge on any atom is 0.338 e. The molecule has 0 amide bonds. The number of aromatic nitrogens is 6. The third-order valence-electron chi connectivity index (χ3n) is 5.78. The number of carboxylic acid groups (broad SMARTS) is 1. The zero-order valence-corrected chi connectivity index (χ0v) is 18.8. The van der Waals surface area contributed by atoms with Gasteiger partial charge in [-0.25, -0.2) is 14.9 Å². The lowest BCUT2D eigenvalue weighted by Gasteiger charge is -2.22. The molecule has 0 spiro atoms. The lowest BCUT2D eigenvalue weighted by molar-refractivity contribution is 0.0697. The molecule has 0 saturated carbocycles. The summed E-state index contributed by atoms with van der Waals surface area (Å²) in [5, 5.41) is 27.5. The highest BCUT2D eigenvalue weighted by Crippen LogP contribution is 2.43. The topological polar surface area (TPSA) is 110 Å². The Morgan fingerprint density at radius 1 is 1.18 bits per heavy atom. The van der Waals surface area contributed by atoms with Gasteiger partial charge in [-0.2, -0.15) is 0 Å². The fraction of sp³-hybridized carbons (Fsp3) is 0.208. The second-order valence-electron chi connectivity index (χ2n) is 7.74. The van der Waals surface area contributed by atoms with Crippen LogP contribution >= 0.6 is 11.3 Å². The number of carboxylic acids is 1. The lowest BCUT2D eigenvalue weighted by Crippen LogP contribution is -2.15. The van der Waals surface area contributed by atoms with Gasteiger partial charge in [0.15, 0.2) is 5.82 Å². The number of tetrazole rings is 1. The van der Waals surface area contributed by atoms with Crippen molar-refractivity contribution in [2.24, 2.45) is 0 Å². The number of aromatic amines is 1. The van der Waals surface area contributed by atoms with E-state index in [2.05, 4.69) is 37.1 Å². The second kappa shape index (κ2) is 8.95. The Hall–Kier alpha value is -3.85. The first-order valence-corrected chi connectivity index (χ1v) is 11.7. The molecule has 1 atom stereocenters. The predicted octanol–water partition coefficient (Wildman–Crippen LogP) is 4.96. The minimum absolute atomic E-state index is 0.288. The van der Waals surface area contributed by atoms with Gasteiger partial charge >= 0.3 is 5.97 Å². The number of aromatic carboxylic acids is 1. The summed E-state index contributed by atoms with van der Waals surface area (Å²) in [5.74, 6) is -0.737. The Kier molecular flexibility index (Phi) is 5.70. The summed E-state index contributed by atoms with van der Waals surface area (Å²) in [6, 6.07) is 15.6. The quantitative estimate of drug-likeness (QED) is 0.340. The number of benzene rings is 1. The van der Waals surface area contributed by atoms with Crippen LogP contribution in [0.25, 0.3) is 21.7 Å². The molecule has 0 bridgehead atoms. The molecule has 8 nitrogen and oxygen atoms in total. The molecule has 0 saturated heterocycles. The molecule has 5 rings (SSSR count). The van der Waals surface area contributed by atoms with E-state index in [1.54, 1.807) is 12.3 Å². The van der Waals surface area contributed by atoms with E-state index >= 15 is 0 Å². The van der Waals surface area contributed by atoms with Gasteiger partial charge in [0.2, 0.25) is 0 Å². The van der Waals surface area contributed by atoms with Crippen molar-refractivity contribution in [3.05, 3.63) is 82.5 Å². The standard InChI is InChI=1S/C24H22N6O2S/c1-2-3-13-30-20(19(24(31)32)17-10-7-12-25-23(17)30)18(15-8-5-4-6-9-15)16-11-14-33-21(16)22-26-28-29-27-22/h4-12,14,18H,2-3,13H2,1H3,(H,31,32)(H,26,27,28,29). The number of H-pyrrole nitrogens is 1. The van der Waals surface area contributed by atoms with Crippen molar-refractivity contribution in [2.75, 3.05) is 0 Å². The minimum Gasteiger partial charge on any atom is -0.478 e. The Bertz CT molecular complexity index is 1390. The fourth-order valence-corrected chi connectivity index (χ4v) is 5.26. The smallest absolute Gasteiger partial charge is 0.338 e. The zero-order valence-electron chi connectivity index (χ0n) is 18.0. The molecular formula is C24H22N6O2S. The van der Waals surface area contributed by atoms with Gasteiger partial charge in [0.05, 0.1) is 16.4 Å². The highest BCUT2D eigenvalue weighted by atomic mass is 32.1. The van der Waals surface area contributed by atoms with Gasteiger partial charge in [-0.1, -0.05) is 43.7 Å². The van der Waals surface area contributed by atoms with Crippen LogP contribution in [0.2, 0.25) is 0 Å². The summed E-state index contributed by atoms with van der Waals surface area (Å²) in [6.07, 6.45) is 3.61. The molecule has 0 aliphatic heterocycles. The number of carbonyl (C=O) groups is 1. The average Bonchev–Trinajstić information content (AvgIpc) is 3.58. The van der Waals surface area contributed by atoms with Gasteiger partial charge in [0.25, 0.3) is 0 Å². The van der Waals surface area contributed by atoms with Crippen molar-refractivity contribution in [2.45, 2.75) is 32.2 Å². The van der Waals surface area contributed by atoms with Crippen molar-refractivity contribution in [1.82, 2.24) is 30.2 Å². The molecule has 5 aromatic rings. The highest BCUT2D eigenvalue weighted by Gasteiger charge is 2.32. The Labute approximate surface area is 193 Å². The number of hydrogen-bond donors (Lipinski definition) is 2. The first kappa shape index (κ1) is 21.0. The van der Waals surface area contributed by atoms with Crippen molar-refractivity contribution in [3.63, 3.8) is 0 Å². The number of fused-ring (bicyclic) bond motifs is 1. The summed E-state index contributed by atoms with van der Waals surface area (Å²) in [7, 11) is 0. The number of pyridine rings is 1.